The molecular weight excluding hydrogens is 144 g/mol. The van der Waals surface area contributed by atoms with Crippen LogP contribution in [-0.2, 0) is 9.59 Å². The second-order valence-electron chi connectivity index (χ2n) is 3.24. The summed E-state index contributed by atoms with van der Waals surface area (Å²) in [7, 11) is 0. The Labute approximate surface area is 65.4 Å². The van der Waals surface area contributed by atoms with Gasteiger partial charge in [-0.1, -0.05) is 6.92 Å². The van der Waals surface area contributed by atoms with E-state index in [4.69, 9.17) is 5.11 Å². The Balaban J connectivity index is 2.58. The SMILES string of the molecule is C[C@@H]1CC[C@@H](C(=O)O)C(=O)C1. The van der Waals surface area contributed by atoms with Crippen molar-refractivity contribution < 1.29 is 14.7 Å². The van der Waals surface area contributed by atoms with Gasteiger partial charge in [0.05, 0.1) is 0 Å². The average Bonchev–Trinajstić information content (AvgIpc) is 1.85. The van der Waals surface area contributed by atoms with Crippen molar-refractivity contribution in [3.8, 4) is 0 Å². The second kappa shape index (κ2) is 3.03. The average molecular weight is 156 g/mol. The molecule has 0 aromatic carbocycles. The summed E-state index contributed by atoms with van der Waals surface area (Å²) in [5, 5.41) is 8.57. The summed E-state index contributed by atoms with van der Waals surface area (Å²) in [6.07, 6.45) is 1.83. The zero-order chi connectivity index (χ0) is 8.43. The third-order valence-electron chi connectivity index (χ3n) is 2.18. The van der Waals surface area contributed by atoms with Gasteiger partial charge >= 0.3 is 5.97 Å². The number of carbonyl (C=O) groups excluding carboxylic acids is 1. The van der Waals surface area contributed by atoms with Crippen molar-refractivity contribution >= 4 is 11.8 Å². The van der Waals surface area contributed by atoms with E-state index in [0.29, 0.717) is 18.8 Å². The van der Waals surface area contributed by atoms with Crippen molar-refractivity contribution in [2.45, 2.75) is 26.2 Å². The third kappa shape index (κ3) is 1.79. The first kappa shape index (κ1) is 8.24. The molecular formula is C8H12O3. The lowest BCUT2D eigenvalue weighted by molar-refractivity contribution is -0.148. The van der Waals surface area contributed by atoms with Gasteiger partial charge in [-0.05, 0) is 18.8 Å². The van der Waals surface area contributed by atoms with Crippen molar-refractivity contribution in [1.82, 2.24) is 0 Å². The Hall–Kier alpha value is -0.860. The highest BCUT2D eigenvalue weighted by Gasteiger charge is 2.31. The Kier molecular flexibility index (Phi) is 2.27. The lowest BCUT2D eigenvalue weighted by Gasteiger charge is -2.21. The lowest BCUT2D eigenvalue weighted by atomic mass is 9.82. The quantitative estimate of drug-likeness (QED) is 0.578. The maximum atomic E-state index is 11.1. The number of hydrogen-bond acceptors (Lipinski definition) is 2. The molecule has 0 spiro atoms. The van der Waals surface area contributed by atoms with Gasteiger partial charge in [0.25, 0.3) is 0 Å². The number of aliphatic carboxylic acids is 1. The molecule has 0 bridgehead atoms. The molecule has 11 heavy (non-hydrogen) atoms. The standard InChI is InChI=1S/C8H12O3/c1-5-2-3-6(8(10)11)7(9)4-5/h5-6H,2-4H2,1H3,(H,10,11)/t5-,6-/m1/s1. The van der Waals surface area contributed by atoms with E-state index in [2.05, 4.69) is 0 Å². The fourth-order valence-corrected chi connectivity index (χ4v) is 1.46. The van der Waals surface area contributed by atoms with Crippen molar-refractivity contribution in [3.63, 3.8) is 0 Å². The molecule has 3 nitrogen and oxygen atoms in total. The summed E-state index contributed by atoms with van der Waals surface area (Å²) in [6, 6.07) is 0. The first-order valence-electron chi connectivity index (χ1n) is 3.86. The van der Waals surface area contributed by atoms with Crippen LogP contribution in [0.25, 0.3) is 0 Å². The summed E-state index contributed by atoms with van der Waals surface area (Å²) in [5.74, 6) is -1.40. The molecule has 1 aliphatic carbocycles. The molecule has 1 rings (SSSR count). The lowest BCUT2D eigenvalue weighted by Crippen LogP contribution is -2.29. The van der Waals surface area contributed by atoms with Crippen LogP contribution in [0.5, 0.6) is 0 Å². The van der Waals surface area contributed by atoms with Gasteiger partial charge in [0.15, 0.2) is 0 Å². The Morgan fingerprint density at radius 3 is 2.64 bits per heavy atom. The zero-order valence-electron chi connectivity index (χ0n) is 6.54. The molecule has 0 radical (unpaired) electrons. The fourth-order valence-electron chi connectivity index (χ4n) is 1.46. The Bertz CT molecular complexity index is 186. The molecule has 0 aliphatic heterocycles. The van der Waals surface area contributed by atoms with Crippen LogP contribution < -0.4 is 0 Å². The van der Waals surface area contributed by atoms with Gasteiger partial charge in [0.2, 0.25) is 0 Å². The minimum atomic E-state index is -0.957. The molecule has 3 heteroatoms. The van der Waals surface area contributed by atoms with Gasteiger partial charge in [-0.15, -0.1) is 0 Å². The minimum Gasteiger partial charge on any atom is -0.481 e. The van der Waals surface area contributed by atoms with E-state index >= 15 is 0 Å². The number of hydrogen-bond donors (Lipinski definition) is 1. The van der Waals surface area contributed by atoms with E-state index in [0.717, 1.165) is 6.42 Å². The third-order valence-corrected chi connectivity index (χ3v) is 2.18. The predicted octanol–water partition coefficient (Wildman–Crippen LogP) is 1.08. The van der Waals surface area contributed by atoms with Crippen LogP contribution in [0.1, 0.15) is 26.2 Å². The zero-order valence-corrected chi connectivity index (χ0v) is 6.54. The van der Waals surface area contributed by atoms with Gasteiger partial charge in [-0.3, -0.25) is 9.59 Å². The number of rotatable bonds is 1. The highest BCUT2D eigenvalue weighted by atomic mass is 16.4. The van der Waals surface area contributed by atoms with Crippen LogP contribution in [0.2, 0.25) is 0 Å². The molecule has 0 aromatic rings. The maximum absolute atomic E-state index is 11.1. The van der Waals surface area contributed by atoms with Crippen LogP contribution in [-0.4, -0.2) is 16.9 Å². The maximum Gasteiger partial charge on any atom is 0.314 e. The topological polar surface area (TPSA) is 54.4 Å². The number of carboxylic acids is 1. The smallest absolute Gasteiger partial charge is 0.314 e. The summed E-state index contributed by atoms with van der Waals surface area (Å²) in [4.78, 5) is 21.5. The van der Waals surface area contributed by atoms with Gasteiger partial charge in [0.1, 0.15) is 11.7 Å². The second-order valence-corrected chi connectivity index (χ2v) is 3.24. The Morgan fingerprint density at radius 1 is 1.55 bits per heavy atom. The van der Waals surface area contributed by atoms with E-state index in [-0.39, 0.29) is 5.78 Å². The molecule has 1 fully saturated rings. The van der Waals surface area contributed by atoms with Gasteiger partial charge in [-0.25, -0.2) is 0 Å². The van der Waals surface area contributed by atoms with Crippen molar-refractivity contribution in [1.29, 1.82) is 0 Å². The van der Waals surface area contributed by atoms with Crippen LogP contribution in [0, 0.1) is 11.8 Å². The molecule has 1 saturated carbocycles. The highest BCUT2D eigenvalue weighted by molar-refractivity contribution is 5.98. The molecule has 0 unspecified atom stereocenters. The monoisotopic (exact) mass is 156 g/mol. The molecule has 1 N–H and O–H groups in total. The fraction of sp³-hybridized carbons (Fsp3) is 0.750. The molecule has 1 aliphatic rings. The predicted molar refractivity (Wildman–Crippen MR) is 39.1 cm³/mol. The van der Waals surface area contributed by atoms with Crippen molar-refractivity contribution in [3.05, 3.63) is 0 Å². The first-order valence-corrected chi connectivity index (χ1v) is 3.86. The highest BCUT2D eigenvalue weighted by Crippen LogP contribution is 2.25. The van der Waals surface area contributed by atoms with E-state index in [1.807, 2.05) is 6.92 Å². The van der Waals surface area contributed by atoms with E-state index in [1.54, 1.807) is 0 Å². The van der Waals surface area contributed by atoms with Crippen LogP contribution in [0.15, 0.2) is 0 Å². The van der Waals surface area contributed by atoms with E-state index in [9.17, 15) is 9.59 Å². The molecule has 0 heterocycles. The summed E-state index contributed by atoms with van der Waals surface area (Å²) in [5.41, 5.74) is 0. The number of carboxylic acid groups (broad SMARTS) is 1. The van der Waals surface area contributed by atoms with E-state index in [1.165, 1.54) is 0 Å². The summed E-state index contributed by atoms with van der Waals surface area (Å²) < 4.78 is 0. The first-order chi connectivity index (χ1) is 5.11. The van der Waals surface area contributed by atoms with Gasteiger partial charge in [0, 0.05) is 6.42 Å². The van der Waals surface area contributed by atoms with Crippen molar-refractivity contribution in [2.75, 3.05) is 0 Å². The molecule has 0 saturated heterocycles. The number of Topliss-reactive ketones (excluding diaryl/α,β-unsaturated/α-hetero) is 1. The van der Waals surface area contributed by atoms with Gasteiger partial charge < -0.3 is 5.11 Å². The largest absolute Gasteiger partial charge is 0.481 e. The van der Waals surface area contributed by atoms with Crippen LogP contribution in [0.4, 0.5) is 0 Å². The molecule has 0 amide bonds. The van der Waals surface area contributed by atoms with E-state index < -0.39 is 11.9 Å². The number of ketones is 1. The van der Waals surface area contributed by atoms with Crippen LogP contribution in [0.3, 0.4) is 0 Å². The summed E-state index contributed by atoms with van der Waals surface area (Å²) >= 11 is 0. The van der Waals surface area contributed by atoms with Gasteiger partial charge in [-0.2, -0.15) is 0 Å². The summed E-state index contributed by atoms with van der Waals surface area (Å²) in [6.45, 7) is 1.98. The molecule has 2 atom stereocenters. The minimum absolute atomic E-state index is 0.101. The van der Waals surface area contributed by atoms with Crippen molar-refractivity contribution in [2.24, 2.45) is 11.8 Å². The Morgan fingerprint density at radius 2 is 2.18 bits per heavy atom. The van der Waals surface area contributed by atoms with Crippen LogP contribution >= 0.6 is 0 Å². The molecule has 0 aromatic heterocycles. The normalized spacial score (nSPS) is 31.9. The molecule has 62 valence electrons. The number of carbonyl (C=O) groups is 2.